The number of fused-ring (bicyclic) bond motifs is 1. The van der Waals surface area contributed by atoms with Crippen molar-refractivity contribution < 1.29 is 32.6 Å². The van der Waals surface area contributed by atoms with Gasteiger partial charge in [0.05, 0.1) is 29.9 Å². The Balaban J connectivity index is 1.60. The molecule has 0 fully saturated rings. The number of hydrogen-bond donors (Lipinski definition) is 2. The van der Waals surface area contributed by atoms with Gasteiger partial charge >= 0.3 is 12.1 Å². The highest BCUT2D eigenvalue weighted by Gasteiger charge is 2.31. The first kappa shape index (κ1) is 23.0. The number of ether oxygens (including phenoxy) is 1. The summed E-state index contributed by atoms with van der Waals surface area (Å²) in [6.45, 7) is 0.960. The molecule has 5 nitrogen and oxygen atoms in total. The molecule has 172 valence electrons. The number of carboxylic acids is 1. The number of alkyl halides is 3. The molecule has 0 saturated carbocycles. The van der Waals surface area contributed by atoms with Crippen LogP contribution in [0.4, 0.5) is 13.2 Å². The van der Waals surface area contributed by atoms with Crippen molar-refractivity contribution in [1.29, 1.82) is 0 Å². The Kier molecular flexibility index (Phi) is 6.53. The van der Waals surface area contributed by atoms with E-state index in [0.29, 0.717) is 41.2 Å². The van der Waals surface area contributed by atoms with Crippen molar-refractivity contribution in [1.82, 2.24) is 5.32 Å². The van der Waals surface area contributed by atoms with E-state index >= 15 is 0 Å². The molecule has 0 unspecified atom stereocenters. The summed E-state index contributed by atoms with van der Waals surface area (Å²) in [5, 5.41) is 12.0. The molecule has 4 rings (SSSR count). The monoisotopic (exact) mass is 475 g/mol. The second-order valence-electron chi connectivity index (χ2n) is 7.67. The molecular formula is C24H20F3NO4S. The van der Waals surface area contributed by atoms with Crippen LogP contribution in [0, 0.1) is 0 Å². The number of halogens is 3. The Bertz CT molecular complexity index is 1200. The molecule has 0 aliphatic carbocycles. The van der Waals surface area contributed by atoms with Gasteiger partial charge in [-0.15, -0.1) is 11.3 Å². The third-order valence-corrected chi connectivity index (χ3v) is 6.57. The number of carbonyl (C=O) groups is 2. The lowest BCUT2D eigenvalue weighted by atomic mass is 9.99. The predicted molar refractivity (Wildman–Crippen MR) is 117 cm³/mol. The number of hydrogen-bond acceptors (Lipinski definition) is 4. The van der Waals surface area contributed by atoms with Crippen LogP contribution in [0.2, 0.25) is 0 Å². The lowest BCUT2D eigenvalue weighted by Crippen LogP contribution is -2.25. The zero-order valence-electron chi connectivity index (χ0n) is 17.4. The third kappa shape index (κ3) is 5.26. The number of amides is 1. The maximum Gasteiger partial charge on any atom is 0.416 e. The minimum Gasteiger partial charge on any atom is -0.478 e. The number of rotatable bonds is 6. The first-order chi connectivity index (χ1) is 15.7. The summed E-state index contributed by atoms with van der Waals surface area (Å²) < 4.78 is 44.9. The SMILES string of the molecule is O=C(O)c1cccc(CNC(=O)c2c(Cc3cccc(C(F)(F)F)c3)sc3c2CCOC3)c1. The van der Waals surface area contributed by atoms with Gasteiger partial charge in [-0.1, -0.05) is 30.3 Å². The normalized spacial score (nSPS) is 13.4. The molecule has 1 aliphatic rings. The minimum atomic E-state index is -4.44. The molecule has 33 heavy (non-hydrogen) atoms. The molecule has 0 saturated heterocycles. The maximum absolute atomic E-state index is 13.2. The van der Waals surface area contributed by atoms with Crippen LogP contribution in [0.25, 0.3) is 0 Å². The number of carboxylic acid groups (broad SMARTS) is 1. The van der Waals surface area contributed by atoms with Crippen LogP contribution in [0.5, 0.6) is 0 Å². The number of nitrogens with one attached hydrogen (secondary N) is 1. The first-order valence-electron chi connectivity index (χ1n) is 10.2. The van der Waals surface area contributed by atoms with Crippen molar-refractivity contribution in [2.75, 3.05) is 6.61 Å². The van der Waals surface area contributed by atoms with E-state index in [1.807, 2.05) is 0 Å². The van der Waals surface area contributed by atoms with Crippen LogP contribution in [0.15, 0.2) is 48.5 Å². The lowest BCUT2D eigenvalue weighted by molar-refractivity contribution is -0.137. The third-order valence-electron chi connectivity index (χ3n) is 5.37. The number of carbonyl (C=O) groups excluding carboxylic acids is 1. The van der Waals surface area contributed by atoms with Gasteiger partial charge in [0.25, 0.3) is 5.91 Å². The molecule has 9 heteroatoms. The van der Waals surface area contributed by atoms with Gasteiger partial charge < -0.3 is 15.2 Å². The summed E-state index contributed by atoms with van der Waals surface area (Å²) in [6, 6.07) is 11.4. The van der Waals surface area contributed by atoms with Gasteiger partial charge in [0.2, 0.25) is 0 Å². The number of aromatic carboxylic acids is 1. The molecule has 0 bridgehead atoms. The molecule has 2 heterocycles. The molecule has 0 radical (unpaired) electrons. The molecule has 0 spiro atoms. The first-order valence-corrected chi connectivity index (χ1v) is 11.0. The largest absolute Gasteiger partial charge is 0.478 e. The van der Waals surface area contributed by atoms with E-state index in [-0.39, 0.29) is 24.4 Å². The molecule has 1 aliphatic heterocycles. The van der Waals surface area contributed by atoms with Crippen molar-refractivity contribution in [3.8, 4) is 0 Å². The fraction of sp³-hybridized carbons (Fsp3) is 0.250. The van der Waals surface area contributed by atoms with Gasteiger partial charge in [0.1, 0.15) is 0 Å². The Morgan fingerprint density at radius 1 is 1.09 bits per heavy atom. The van der Waals surface area contributed by atoms with Crippen LogP contribution in [-0.2, 0) is 36.9 Å². The van der Waals surface area contributed by atoms with Gasteiger partial charge in [-0.25, -0.2) is 4.79 Å². The molecule has 2 aromatic carbocycles. The van der Waals surface area contributed by atoms with Gasteiger partial charge in [-0.2, -0.15) is 13.2 Å². The summed E-state index contributed by atoms with van der Waals surface area (Å²) in [6.07, 6.45) is -3.70. The molecule has 1 aromatic heterocycles. The van der Waals surface area contributed by atoms with Crippen molar-refractivity contribution in [2.24, 2.45) is 0 Å². The summed E-state index contributed by atoms with van der Waals surface area (Å²) in [4.78, 5) is 25.9. The van der Waals surface area contributed by atoms with E-state index < -0.39 is 17.7 Å². The highest BCUT2D eigenvalue weighted by Crippen LogP contribution is 2.35. The van der Waals surface area contributed by atoms with Crippen LogP contribution in [-0.4, -0.2) is 23.6 Å². The van der Waals surface area contributed by atoms with Crippen molar-refractivity contribution in [2.45, 2.75) is 32.2 Å². The van der Waals surface area contributed by atoms with Gasteiger partial charge in [0.15, 0.2) is 0 Å². The highest BCUT2D eigenvalue weighted by molar-refractivity contribution is 7.12. The van der Waals surface area contributed by atoms with E-state index in [0.717, 1.165) is 22.6 Å². The second kappa shape index (κ2) is 9.36. The van der Waals surface area contributed by atoms with Crippen molar-refractivity contribution in [3.63, 3.8) is 0 Å². The van der Waals surface area contributed by atoms with E-state index in [9.17, 15) is 22.8 Å². The van der Waals surface area contributed by atoms with Gasteiger partial charge in [0, 0.05) is 22.7 Å². The average Bonchev–Trinajstić information content (AvgIpc) is 3.15. The standard InChI is InChI=1S/C24H20F3NO4S/c25-24(26,27)17-6-2-3-14(10-17)11-19-21(18-7-8-32-13-20(18)33-19)22(29)28-12-15-4-1-5-16(9-15)23(30)31/h1-6,9-10H,7-8,11-13H2,(H,28,29)(H,30,31). The van der Waals surface area contributed by atoms with Crippen LogP contribution in [0.1, 0.15) is 52.7 Å². The summed E-state index contributed by atoms with van der Waals surface area (Å²) in [5.74, 6) is -1.39. The Morgan fingerprint density at radius 3 is 2.61 bits per heavy atom. The number of benzene rings is 2. The zero-order valence-corrected chi connectivity index (χ0v) is 18.2. The molecule has 0 atom stereocenters. The van der Waals surface area contributed by atoms with E-state index in [4.69, 9.17) is 9.84 Å². The van der Waals surface area contributed by atoms with Crippen LogP contribution >= 0.6 is 11.3 Å². The van der Waals surface area contributed by atoms with E-state index in [1.54, 1.807) is 18.2 Å². The molecule has 1 amide bonds. The molecular weight excluding hydrogens is 455 g/mol. The van der Waals surface area contributed by atoms with Crippen molar-refractivity contribution in [3.05, 3.63) is 91.7 Å². The van der Waals surface area contributed by atoms with E-state index in [2.05, 4.69) is 5.32 Å². The number of thiophene rings is 1. The fourth-order valence-corrected chi connectivity index (χ4v) is 5.13. The topological polar surface area (TPSA) is 75.6 Å². The summed E-state index contributed by atoms with van der Waals surface area (Å²) >= 11 is 1.38. The predicted octanol–water partition coefficient (Wildman–Crippen LogP) is 5.06. The minimum absolute atomic E-state index is 0.122. The van der Waals surface area contributed by atoms with Gasteiger partial charge in [-0.05, 0) is 41.3 Å². The Hall–Kier alpha value is -3.17. The van der Waals surface area contributed by atoms with Gasteiger partial charge in [-0.3, -0.25) is 4.79 Å². The van der Waals surface area contributed by atoms with Crippen molar-refractivity contribution >= 4 is 23.2 Å². The molecule has 2 N–H and O–H groups in total. The van der Waals surface area contributed by atoms with E-state index in [1.165, 1.54) is 29.5 Å². The smallest absolute Gasteiger partial charge is 0.416 e. The van der Waals surface area contributed by atoms with Crippen LogP contribution < -0.4 is 5.32 Å². The summed E-state index contributed by atoms with van der Waals surface area (Å²) in [7, 11) is 0. The maximum atomic E-state index is 13.2. The summed E-state index contributed by atoms with van der Waals surface area (Å²) in [5.41, 5.74) is 1.84. The second-order valence-corrected chi connectivity index (χ2v) is 8.86. The van der Waals surface area contributed by atoms with Crippen LogP contribution in [0.3, 0.4) is 0 Å². The fourth-order valence-electron chi connectivity index (χ4n) is 3.81. The Labute approximate surface area is 191 Å². The quantitative estimate of drug-likeness (QED) is 0.523. The Morgan fingerprint density at radius 2 is 1.85 bits per heavy atom. The molecule has 3 aromatic rings. The average molecular weight is 475 g/mol. The zero-order chi connectivity index (χ0) is 23.6. The highest BCUT2D eigenvalue weighted by atomic mass is 32.1. The lowest BCUT2D eigenvalue weighted by Gasteiger charge is -2.14.